The van der Waals surface area contributed by atoms with E-state index in [1.165, 1.54) is 0 Å². The lowest BCUT2D eigenvalue weighted by molar-refractivity contribution is -0.121. The normalized spacial score (nSPS) is 11.2. The standard InChI is InChI=1S/C16H27N3O/c1-5-10-19(14-9-7-8-13(17)11-14)12-15(20)18-16(3,4)6-2/h7-9,11H,5-6,10,12,17H2,1-4H3,(H,18,20). The molecule has 0 atom stereocenters. The van der Waals surface area contributed by atoms with E-state index in [4.69, 9.17) is 5.73 Å². The quantitative estimate of drug-likeness (QED) is 0.753. The van der Waals surface area contributed by atoms with Gasteiger partial charge in [0.1, 0.15) is 0 Å². The van der Waals surface area contributed by atoms with E-state index in [-0.39, 0.29) is 11.4 Å². The van der Waals surface area contributed by atoms with Crippen LogP contribution < -0.4 is 16.0 Å². The van der Waals surface area contributed by atoms with E-state index in [9.17, 15) is 4.79 Å². The van der Waals surface area contributed by atoms with Crippen molar-refractivity contribution in [3.8, 4) is 0 Å². The molecule has 0 unspecified atom stereocenters. The van der Waals surface area contributed by atoms with Gasteiger partial charge in [0.15, 0.2) is 0 Å². The molecular weight excluding hydrogens is 250 g/mol. The van der Waals surface area contributed by atoms with Crippen LogP contribution in [0.1, 0.15) is 40.5 Å². The molecule has 0 heterocycles. The van der Waals surface area contributed by atoms with E-state index in [1.807, 2.05) is 38.1 Å². The second-order valence-corrected chi connectivity index (χ2v) is 5.80. The van der Waals surface area contributed by atoms with Gasteiger partial charge in [0, 0.05) is 23.5 Å². The Morgan fingerprint density at radius 2 is 2.05 bits per heavy atom. The van der Waals surface area contributed by atoms with Crippen molar-refractivity contribution in [2.45, 2.75) is 46.1 Å². The Bertz CT molecular complexity index is 443. The van der Waals surface area contributed by atoms with Crippen LogP contribution in [0.4, 0.5) is 11.4 Å². The molecule has 0 aromatic heterocycles. The zero-order valence-corrected chi connectivity index (χ0v) is 13.1. The zero-order valence-electron chi connectivity index (χ0n) is 13.1. The van der Waals surface area contributed by atoms with Crippen LogP contribution in [0.5, 0.6) is 0 Å². The summed E-state index contributed by atoms with van der Waals surface area (Å²) in [7, 11) is 0. The number of rotatable bonds is 7. The van der Waals surface area contributed by atoms with Gasteiger partial charge >= 0.3 is 0 Å². The van der Waals surface area contributed by atoms with Crippen LogP contribution in [-0.4, -0.2) is 24.5 Å². The van der Waals surface area contributed by atoms with Gasteiger partial charge < -0.3 is 16.0 Å². The topological polar surface area (TPSA) is 58.4 Å². The second-order valence-electron chi connectivity index (χ2n) is 5.80. The number of carbonyl (C=O) groups is 1. The highest BCUT2D eigenvalue weighted by Gasteiger charge is 2.19. The zero-order chi connectivity index (χ0) is 15.2. The molecule has 0 aliphatic heterocycles. The number of carbonyl (C=O) groups excluding carboxylic acids is 1. The van der Waals surface area contributed by atoms with E-state index in [0.29, 0.717) is 6.54 Å². The lowest BCUT2D eigenvalue weighted by Crippen LogP contribution is -2.47. The number of nitrogens with two attached hydrogens (primary N) is 1. The second kappa shape index (κ2) is 7.17. The monoisotopic (exact) mass is 277 g/mol. The summed E-state index contributed by atoms with van der Waals surface area (Å²) in [5.74, 6) is 0.0488. The average Bonchev–Trinajstić information content (AvgIpc) is 2.37. The smallest absolute Gasteiger partial charge is 0.239 e. The SMILES string of the molecule is CCCN(CC(=O)NC(C)(C)CC)c1cccc(N)c1. The summed E-state index contributed by atoms with van der Waals surface area (Å²) in [5.41, 5.74) is 7.37. The van der Waals surface area contributed by atoms with Gasteiger partial charge in [-0.1, -0.05) is 19.9 Å². The van der Waals surface area contributed by atoms with Crippen molar-refractivity contribution >= 4 is 17.3 Å². The summed E-state index contributed by atoms with van der Waals surface area (Å²) >= 11 is 0. The molecule has 0 bridgehead atoms. The Balaban J connectivity index is 2.75. The summed E-state index contributed by atoms with van der Waals surface area (Å²) in [5, 5.41) is 3.07. The molecule has 0 radical (unpaired) electrons. The van der Waals surface area contributed by atoms with Crippen LogP contribution in [0.15, 0.2) is 24.3 Å². The molecule has 0 aliphatic carbocycles. The highest BCUT2D eigenvalue weighted by Crippen LogP contribution is 2.18. The first-order valence-electron chi connectivity index (χ1n) is 7.29. The summed E-state index contributed by atoms with van der Waals surface area (Å²) in [6, 6.07) is 7.67. The molecule has 1 aromatic carbocycles. The van der Waals surface area contributed by atoms with E-state index < -0.39 is 0 Å². The Kier molecular flexibility index (Phi) is 5.86. The molecule has 20 heavy (non-hydrogen) atoms. The molecule has 0 saturated heterocycles. The molecule has 0 spiro atoms. The fraction of sp³-hybridized carbons (Fsp3) is 0.562. The van der Waals surface area contributed by atoms with E-state index in [1.54, 1.807) is 0 Å². The molecule has 0 fully saturated rings. The van der Waals surface area contributed by atoms with Crippen LogP contribution in [-0.2, 0) is 4.79 Å². The molecule has 1 rings (SSSR count). The van der Waals surface area contributed by atoms with E-state index >= 15 is 0 Å². The number of amides is 1. The van der Waals surface area contributed by atoms with Gasteiger partial charge in [-0.05, 0) is 44.9 Å². The number of hydrogen-bond donors (Lipinski definition) is 2. The fourth-order valence-corrected chi connectivity index (χ4v) is 1.97. The van der Waals surface area contributed by atoms with Crippen molar-refractivity contribution in [1.82, 2.24) is 5.32 Å². The van der Waals surface area contributed by atoms with Crippen molar-refractivity contribution in [3.05, 3.63) is 24.3 Å². The summed E-state index contributed by atoms with van der Waals surface area (Å²) in [6.45, 7) is 9.45. The maximum Gasteiger partial charge on any atom is 0.239 e. The molecule has 0 aliphatic rings. The first-order valence-corrected chi connectivity index (χ1v) is 7.29. The number of benzene rings is 1. The summed E-state index contributed by atoms with van der Waals surface area (Å²) in [6.07, 6.45) is 1.89. The van der Waals surface area contributed by atoms with Crippen molar-refractivity contribution in [2.75, 3.05) is 23.7 Å². The van der Waals surface area contributed by atoms with Crippen LogP contribution >= 0.6 is 0 Å². The van der Waals surface area contributed by atoms with Gasteiger partial charge in [0.25, 0.3) is 0 Å². The average molecular weight is 277 g/mol. The fourth-order valence-electron chi connectivity index (χ4n) is 1.97. The first-order chi connectivity index (χ1) is 9.38. The molecule has 1 aromatic rings. The van der Waals surface area contributed by atoms with Crippen LogP contribution in [0.2, 0.25) is 0 Å². The van der Waals surface area contributed by atoms with E-state index in [2.05, 4.69) is 24.1 Å². The third-order valence-electron chi connectivity index (χ3n) is 3.43. The highest BCUT2D eigenvalue weighted by molar-refractivity contribution is 5.82. The minimum absolute atomic E-state index is 0.0488. The van der Waals surface area contributed by atoms with Gasteiger partial charge in [0.2, 0.25) is 5.91 Å². The van der Waals surface area contributed by atoms with Gasteiger partial charge in [0.05, 0.1) is 6.54 Å². The number of hydrogen-bond acceptors (Lipinski definition) is 3. The minimum Gasteiger partial charge on any atom is -0.399 e. The molecule has 1 amide bonds. The van der Waals surface area contributed by atoms with Crippen LogP contribution in [0, 0.1) is 0 Å². The van der Waals surface area contributed by atoms with E-state index in [0.717, 1.165) is 30.8 Å². The Hall–Kier alpha value is -1.71. The van der Waals surface area contributed by atoms with Crippen molar-refractivity contribution in [3.63, 3.8) is 0 Å². The maximum atomic E-state index is 12.2. The predicted octanol–water partition coefficient (Wildman–Crippen LogP) is 2.79. The van der Waals surface area contributed by atoms with Crippen molar-refractivity contribution < 1.29 is 4.79 Å². The van der Waals surface area contributed by atoms with Crippen molar-refractivity contribution in [1.29, 1.82) is 0 Å². The third kappa shape index (κ3) is 5.11. The minimum atomic E-state index is -0.162. The summed E-state index contributed by atoms with van der Waals surface area (Å²) in [4.78, 5) is 14.2. The molecule has 3 N–H and O–H groups in total. The third-order valence-corrected chi connectivity index (χ3v) is 3.43. The molecular formula is C16H27N3O. The number of nitrogens with zero attached hydrogens (tertiary/aromatic N) is 1. The predicted molar refractivity (Wildman–Crippen MR) is 85.9 cm³/mol. The summed E-state index contributed by atoms with van der Waals surface area (Å²) < 4.78 is 0. The van der Waals surface area contributed by atoms with Gasteiger partial charge in [-0.25, -0.2) is 0 Å². The van der Waals surface area contributed by atoms with Crippen LogP contribution in [0.3, 0.4) is 0 Å². The van der Waals surface area contributed by atoms with Gasteiger partial charge in [-0.2, -0.15) is 0 Å². The van der Waals surface area contributed by atoms with Gasteiger partial charge in [-0.3, -0.25) is 4.79 Å². The largest absolute Gasteiger partial charge is 0.399 e. The lowest BCUT2D eigenvalue weighted by Gasteiger charge is -2.28. The van der Waals surface area contributed by atoms with Gasteiger partial charge in [-0.15, -0.1) is 0 Å². The molecule has 0 saturated carbocycles. The molecule has 4 heteroatoms. The number of anilines is 2. The Morgan fingerprint density at radius 3 is 2.60 bits per heavy atom. The molecule has 4 nitrogen and oxygen atoms in total. The Labute approximate surface area is 122 Å². The maximum absolute atomic E-state index is 12.2. The Morgan fingerprint density at radius 1 is 1.35 bits per heavy atom. The number of nitrogen functional groups attached to an aromatic ring is 1. The molecule has 112 valence electrons. The lowest BCUT2D eigenvalue weighted by atomic mass is 10.0. The first kappa shape index (κ1) is 16.3. The van der Waals surface area contributed by atoms with Crippen molar-refractivity contribution in [2.24, 2.45) is 0 Å². The highest BCUT2D eigenvalue weighted by atomic mass is 16.2. The van der Waals surface area contributed by atoms with Crippen LogP contribution in [0.25, 0.3) is 0 Å². The number of nitrogens with one attached hydrogen (secondary N) is 1.